The topological polar surface area (TPSA) is 29.3 Å². The van der Waals surface area contributed by atoms with Crippen molar-refractivity contribution >= 4 is 17.1 Å². The van der Waals surface area contributed by atoms with Crippen molar-refractivity contribution in [3.8, 4) is 0 Å². The van der Waals surface area contributed by atoms with Gasteiger partial charge in [-0.2, -0.15) is 0 Å². The van der Waals surface area contributed by atoms with Crippen molar-refractivity contribution in [3.05, 3.63) is 53.8 Å². The molecule has 0 saturated heterocycles. The summed E-state index contributed by atoms with van der Waals surface area (Å²) in [6.45, 7) is 0.782. The maximum Gasteiger partial charge on any atom is 0.148 e. The molecule has 1 aliphatic rings. The highest BCUT2D eigenvalue weighted by Gasteiger charge is 2.23. The van der Waals surface area contributed by atoms with E-state index in [0.717, 1.165) is 18.7 Å². The molecule has 0 aromatic heterocycles. The molecule has 0 amide bonds. The second kappa shape index (κ2) is 3.77. The standard InChI is InChI=1S/C14H13FN2/c15-11-5-3-6-12(16)14(11)17-9-8-10-4-1-2-7-13(10)17/h1-7H,8-9,16H2. The van der Waals surface area contributed by atoms with Crippen LogP contribution in [0.1, 0.15) is 5.56 Å². The fourth-order valence-electron chi connectivity index (χ4n) is 2.39. The van der Waals surface area contributed by atoms with E-state index >= 15 is 0 Å². The van der Waals surface area contributed by atoms with Crippen LogP contribution in [0.4, 0.5) is 21.5 Å². The molecule has 0 spiro atoms. The van der Waals surface area contributed by atoms with Gasteiger partial charge in [0.15, 0.2) is 0 Å². The molecule has 2 nitrogen and oxygen atoms in total. The first-order chi connectivity index (χ1) is 8.27. The van der Waals surface area contributed by atoms with E-state index in [0.29, 0.717) is 11.4 Å². The quantitative estimate of drug-likeness (QED) is 0.760. The minimum atomic E-state index is -0.262. The molecule has 17 heavy (non-hydrogen) atoms. The van der Waals surface area contributed by atoms with Crippen LogP contribution in [0.25, 0.3) is 0 Å². The average molecular weight is 228 g/mol. The predicted molar refractivity (Wildman–Crippen MR) is 68.0 cm³/mol. The van der Waals surface area contributed by atoms with Crippen LogP contribution in [0, 0.1) is 5.82 Å². The summed E-state index contributed by atoms with van der Waals surface area (Å²) in [6, 6.07) is 12.9. The fourth-order valence-corrected chi connectivity index (χ4v) is 2.39. The highest BCUT2D eigenvalue weighted by molar-refractivity contribution is 5.78. The van der Waals surface area contributed by atoms with Crippen LogP contribution in [-0.4, -0.2) is 6.54 Å². The Kier molecular flexibility index (Phi) is 2.25. The van der Waals surface area contributed by atoms with Gasteiger partial charge in [0, 0.05) is 12.2 Å². The molecule has 0 atom stereocenters. The van der Waals surface area contributed by atoms with Gasteiger partial charge in [-0.3, -0.25) is 0 Å². The summed E-state index contributed by atoms with van der Waals surface area (Å²) in [4.78, 5) is 1.96. The highest BCUT2D eigenvalue weighted by atomic mass is 19.1. The Bertz CT molecular complexity index is 546. The maximum absolute atomic E-state index is 13.9. The maximum atomic E-state index is 13.9. The summed E-state index contributed by atoms with van der Waals surface area (Å²) in [5.74, 6) is -0.262. The Hall–Kier alpha value is -2.03. The van der Waals surface area contributed by atoms with Crippen molar-refractivity contribution in [1.82, 2.24) is 0 Å². The number of para-hydroxylation sites is 2. The molecule has 0 aliphatic carbocycles. The van der Waals surface area contributed by atoms with E-state index in [4.69, 9.17) is 5.73 Å². The van der Waals surface area contributed by atoms with E-state index in [9.17, 15) is 4.39 Å². The number of halogens is 1. The molecule has 0 bridgehead atoms. The van der Waals surface area contributed by atoms with Crippen LogP contribution >= 0.6 is 0 Å². The first kappa shape index (κ1) is 10.1. The van der Waals surface area contributed by atoms with Crippen molar-refractivity contribution in [1.29, 1.82) is 0 Å². The third-order valence-corrected chi connectivity index (χ3v) is 3.18. The Labute approximate surface area is 99.5 Å². The molecule has 0 fully saturated rings. The third kappa shape index (κ3) is 1.55. The zero-order valence-electron chi connectivity index (χ0n) is 9.36. The summed E-state index contributed by atoms with van der Waals surface area (Å²) in [6.07, 6.45) is 0.934. The lowest BCUT2D eigenvalue weighted by molar-refractivity contribution is 0.627. The van der Waals surface area contributed by atoms with E-state index < -0.39 is 0 Å². The summed E-state index contributed by atoms with van der Waals surface area (Å²) in [5.41, 5.74) is 9.17. The molecule has 0 unspecified atom stereocenters. The van der Waals surface area contributed by atoms with Crippen LogP contribution in [0.3, 0.4) is 0 Å². The van der Waals surface area contributed by atoms with Gasteiger partial charge in [0.2, 0.25) is 0 Å². The second-order valence-corrected chi connectivity index (χ2v) is 4.21. The predicted octanol–water partition coefficient (Wildman–Crippen LogP) is 3.10. The van der Waals surface area contributed by atoms with Crippen LogP contribution in [0.2, 0.25) is 0 Å². The van der Waals surface area contributed by atoms with E-state index in [-0.39, 0.29) is 5.82 Å². The van der Waals surface area contributed by atoms with E-state index in [1.807, 2.05) is 23.1 Å². The van der Waals surface area contributed by atoms with Gasteiger partial charge in [0.25, 0.3) is 0 Å². The van der Waals surface area contributed by atoms with Crippen molar-refractivity contribution < 1.29 is 4.39 Å². The number of hydrogen-bond donors (Lipinski definition) is 1. The Balaban J connectivity index is 2.13. The number of benzene rings is 2. The molecular formula is C14H13FN2. The Morgan fingerprint density at radius 2 is 1.88 bits per heavy atom. The number of nitrogens with two attached hydrogens (primary N) is 1. The highest BCUT2D eigenvalue weighted by Crippen LogP contribution is 2.38. The van der Waals surface area contributed by atoms with E-state index in [1.165, 1.54) is 11.6 Å². The van der Waals surface area contributed by atoms with Crippen molar-refractivity contribution in [2.45, 2.75) is 6.42 Å². The molecule has 3 heteroatoms. The first-order valence-electron chi connectivity index (χ1n) is 5.67. The van der Waals surface area contributed by atoms with Gasteiger partial charge in [-0.1, -0.05) is 24.3 Å². The molecule has 2 aromatic rings. The average Bonchev–Trinajstić information content (AvgIpc) is 2.73. The van der Waals surface area contributed by atoms with Gasteiger partial charge in [-0.25, -0.2) is 4.39 Å². The van der Waals surface area contributed by atoms with Gasteiger partial charge in [0.1, 0.15) is 11.5 Å². The molecule has 2 N–H and O–H groups in total. The number of hydrogen-bond acceptors (Lipinski definition) is 2. The van der Waals surface area contributed by atoms with Crippen LogP contribution < -0.4 is 10.6 Å². The smallest absolute Gasteiger partial charge is 0.148 e. The lowest BCUT2D eigenvalue weighted by Gasteiger charge is -2.21. The molecule has 3 rings (SSSR count). The summed E-state index contributed by atoms with van der Waals surface area (Å²) in [5, 5.41) is 0. The summed E-state index contributed by atoms with van der Waals surface area (Å²) >= 11 is 0. The Morgan fingerprint density at radius 3 is 2.71 bits per heavy atom. The summed E-state index contributed by atoms with van der Waals surface area (Å²) < 4.78 is 13.9. The number of fused-ring (bicyclic) bond motifs is 1. The van der Waals surface area contributed by atoms with Crippen LogP contribution in [-0.2, 0) is 6.42 Å². The molecule has 0 saturated carbocycles. The normalized spacial score (nSPS) is 13.8. The zero-order chi connectivity index (χ0) is 11.8. The van der Waals surface area contributed by atoms with E-state index in [2.05, 4.69) is 6.07 Å². The lowest BCUT2D eigenvalue weighted by Crippen LogP contribution is -2.16. The number of rotatable bonds is 1. The van der Waals surface area contributed by atoms with Crippen molar-refractivity contribution in [2.75, 3.05) is 17.2 Å². The van der Waals surface area contributed by atoms with Crippen LogP contribution in [0.15, 0.2) is 42.5 Å². The fraction of sp³-hybridized carbons (Fsp3) is 0.143. The SMILES string of the molecule is Nc1cccc(F)c1N1CCc2ccccc21. The Morgan fingerprint density at radius 1 is 1.06 bits per heavy atom. The van der Waals surface area contributed by atoms with Gasteiger partial charge in [0.05, 0.1) is 5.69 Å². The lowest BCUT2D eigenvalue weighted by atomic mass is 10.2. The largest absolute Gasteiger partial charge is 0.397 e. The third-order valence-electron chi connectivity index (χ3n) is 3.18. The van der Waals surface area contributed by atoms with Crippen molar-refractivity contribution in [3.63, 3.8) is 0 Å². The monoisotopic (exact) mass is 228 g/mol. The van der Waals surface area contributed by atoms with Gasteiger partial charge in [-0.15, -0.1) is 0 Å². The van der Waals surface area contributed by atoms with Gasteiger partial charge in [-0.05, 0) is 30.2 Å². The molecule has 2 aromatic carbocycles. The zero-order valence-corrected chi connectivity index (χ0v) is 9.36. The minimum Gasteiger partial charge on any atom is -0.397 e. The number of nitrogens with zero attached hydrogens (tertiary/aromatic N) is 1. The molecule has 86 valence electrons. The first-order valence-corrected chi connectivity index (χ1v) is 5.67. The number of nitrogen functional groups attached to an aromatic ring is 1. The molecule has 1 heterocycles. The van der Waals surface area contributed by atoms with Gasteiger partial charge < -0.3 is 10.6 Å². The summed E-state index contributed by atoms with van der Waals surface area (Å²) in [7, 11) is 0. The molecular weight excluding hydrogens is 215 g/mol. The van der Waals surface area contributed by atoms with Crippen molar-refractivity contribution in [2.24, 2.45) is 0 Å². The molecule has 0 radical (unpaired) electrons. The second-order valence-electron chi connectivity index (χ2n) is 4.21. The van der Waals surface area contributed by atoms with Crippen LogP contribution in [0.5, 0.6) is 0 Å². The minimum absolute atomic E-state index is 0.262. The number of anilines is 3. The van der Waals surface area contributed by atoms with Gasteiger partial charge >= 0.3 is 0 Å². The van der Waals surface area contributed by atoms with E-state index in [1.54, 1.807) is 12.1 Å². The molecule has 1 aliphatic heterocycles.